The Morgan fingerprint density at radius 3 is 2.75 bits per heavy atom. The third kappa shape index (κ3) is 1.99. The summed E-state index contributed by atoms with van der Waals surface area (Å²) in [6.45, 7) is 6.26. The predicted molar refractivity (Wildman–Crippen MR) is 58.7 cm³/mol. The molecule has 0 aromatic carbocycles. The first kappa shape index (κ1) is 11.2. The van der Waals surface area contributed by atoms with E-state index in [9.17, 15) is 4.79 Å². The van der Waals surface area contributed by atoms with Gasteiger partial charge in [-0.25, -0.2) is 4.79 Å². The topological polar surface area (TPSA) is 62.1 Å². The molecule has 5 heteroatoms. The van der Waals surface area contributed by atoms with E-state index in [1.165, 1.54) is 0 Å². The normalized spacial score (nSPS) is 31.2. The van der Waals surface area contributed by atoms with Gasteiger partial charge in [0.15, 0.2) is 0 Å². The molecule has 1 aliphatic heterocycles. The van der Waals surface area contributed by atoms with Gasteiger partial charge in [0.05, 0.1) is 11.8 Å². The summed E-state index contributed by atoms with van der Waals surface area (Å²) in [4.78, 5) is 13.6. The first-order valence-electron chi connectivity index (χ1n) is 5.61. The number of carbonyl (C=O) groups is 1. The van der Waals surface area contributed by atoms with Gasteiger partial charge in [-0.05, 0) is 39.5 Å². The molecule has 2 fully saturated rings. The summed E-state index contributed by atoms with van der Waals surface area (Å²) in [6.07, 6.45) is 1.40. The monoisotopic (exact) mass is 226 g/mol. The Hall–Kier alpha value is -1.26. The zero-order chi connectivity index (χ0) is 11.9. The minimum atomic E-state index is -0.477. The number of amides is 1. The van der Waals surface area contributed by atoms with Crippen LogP contribution in [0.2, 0.25) is 0 Å². The van der Waals surface area contributed by atoms with Crippen molar-refractivity contribution in [3.05, 3.63) is 0 Å². The molecule has 5 nitrogen and oxygen atoms in total. The quantitative estimate of drug-likeness (QED) is 0.506. The number of carbonyl (C=O) groups excluding carboxylic acids is 1. The second-order valence-corrected chi connectivity index (χ2v) is 5.55. The highest BCUT2D eigenvalue weighted by atomic mass is 16.6. The van der Waals surface area contributed by atoms with Crippen molar-refractivity contribution in [2.75, 3.05) is 6.54 Å². The smallest absolute Gasteiger partial charge is 0.410 e. The van der Waals surface area contributed by atoms with Gasteiger partial charge in [0.2, 0.25) is 0 Å². The molecule has 1 saturated heterocycles. The Morgan fingerprint density at radius 1 is 1.56 bits per heavy atom. The zero-order valence-electron chi connectivity index (χ0n) is 9.93. The second-order valence-electron chi connectivity index (χ2n) is 5.55. The van der Waals surface area contributed by atoms with Crippen LogP contribution in [0.15, 0.2) is 5.16 Å². The number of ether oxygens (including phenoxy) is 1. The molecule has 1 amide bonds. The molecular weight excluding hydrogens is 208 g/mol. The van der Waals surface area contributed by atoms with Crippen LogP contribution in [0.1, 0.15) is 33.6 Å². The van der Waals surface area contributed by atoms with E-state index in [4.69, 9.17) is 9.94 Å². The van der Waals surface area contributed by atoms with Crippen LogP contribution in [0.25, 0.3) is 0 Å². The third-order valence-electron chi connectivity index (χ3n) is 3.03. The van der Waals surface area contributed by atoms with Gasteiger partial charge in [0.1, 0.15) is 5.60 Å². The summed E-state index contributed by atoms with van der Waals surface area (Å²) in [6, 6.07) is -0.0511. The molecular formula is C11H18N2O3. The fraction of sp³-hybridized carbons (Fsp3) is 0.818. The largest absolute Gasteiger partial charge is 0.444 e. The molecule has 2 bridgehead atoms. The third-order valence-corrected chi connectivity index (χ3v) is 3.03. The van der Waals surface area contributed by atoms with Crippen LogP contribution >= 0.6 is 0 Å². The lowest BCUT2D eigenvalue weighted by Gasteiger charge is -2.30. The highest BCUT2D eigenvalue weighted by Crippen LogP contribution is 2.36. The van der Waals surface area contributed by atoms with Crippen LogP contribution in [0, 0.1) is 5.92 Å². The molecule has 0 spiro atoms. The Bertz CT molecular complexity index is 333. The molecule has 2 rings (SSSR count). The molecule has 0 unspecified atom stereocenters. The number of hydrogen-bond acceptors (Lipinski definition) is 4. The summed E-state index contributed by atoms with van der Waals surface area (Å²) in [7, 11) is 0. The van der Waals surface area contributed by atoms with E-state index in [1.54, 1.807) is 4.90 Å². The van der Waals surface area contributed by atoms with Crippen molar-refractivity contribution in [2.24, 2.45) is 11.1 Å². The molecule has 2 atom stereocenters. The van der Waals surface area contributed by atoms with Crippen molar-refractivity contribution in [1.82, 2.24) is 4.90 Å². The summed E-state index contributed by atoms with van der Waals surface area (Å²) >= 11 is 0. The molecule has 0 aromatic rings. The average molecular weight is 226 g/mol. The predicted octanol–water partition coefficient (Wildman–Crippen LogP) is 1.85. The Morgan fingerprint density at radius 2 is 2.25 bits per heavy atom. The zero-order valence-corrected chi connectivity index (χ0v) is 9.93. The SMILES string of the molecule is CC(C)(C)OC(=O)N1C[C@H]2C/C(=N/O)[C@@H]1C2. The van der Waals surface area contributed by atoms with Crippen molar-refractivity contribution in [3.63, 3.8) is 0 Å². The van der Waals surface area contributed by atoms with Gasteiger partial charge in [-0.1, -0.05) is 5.16 Å². The van der Waals surface area contributed by atoms with E-state index >= 15 is 0 Å². The van der Waals surface area contributed by atoms with Gasteiger partial charge in [0.25, 0.3) is 0 Å². The lowest BCUT2D eigenvalue weighted by Crippen LogP contribution is -2.45. The van der Waals surface area contributed by atoms with E-state index in [0.29, 0.717) is 11.6 Å². The van der Waals surface area contributed by atoms with Crippen LogP contribution < -0.4 is 0 Å². The number of nitrogens with zero attached hydrogens (tertiary/aromatic N) is 2. The van der Waals surface area contributed by atoms with Crippen LogP contribution in [-0.4, -0.2) is 40.1 Å². The first-order chi connectivity index (χ1) is 7.40. The lowest BCUT2D eigenvalue weighted by atomic mass is 10.1. The summed E-state index contributed by atoms with van der Waals surface area (Å²) in [5, 5.41) is 12.1. The molecule has 0 aromatic heterocycles. The van der Waals surface area contributed by atoms with Gasteiger partial charge in [0, 0.05) is 6.54 Å². The van der Waals surface area contributed by atoms with Crippen molar-refractivity contribution in [2.45, 2.75) is 45.3 Å². The maximum absolute atomic E-state index is 11.9. The van der Waals surface area contributed by atoms with E-state index in [2.05, 4.69) is 5.16 Å². The molecule has 2 aliphatic rings. The van der Waals surface area contributed by atoms with E-state index < -0.39 is 5.60 Å². The van der Waals surface area contributed by atoms with Gasteiger partial charge in [-0.3, -0.25) is 4.90 Å². The average Bonchev–Trinajstić information content (AvgIpc) is 2.72. The van der Waals surface area contributed by atoms with E-state index in [1.807, 2.05) is 20.8 Å². The molecule has 0 radical (unpaired) electrons. The number of likely N-dealkylation sites (tertiary alicyclic amines) is 1. The molecule has 16 heavy (non-hydrogen) atoms. The van der Waals surface area contributed by atoms with Crippen molar-refractivity contribution < 1.29 is 14.7 Å². The molecule has 1 aliphatic carbocycles. The van der Waals surface area contributed by atoms with E-state index in [0.717, 1.165) is 19.4 Å². The number of oxime groups is 1. The van der Waals surface area contributed by atoms with Crippen LogP contribution in [-0.2, 0) is 4.74 Å². The van der Waals surface area contributed by atoms with Crippen LogP contribution in [0.5, 0.6) is 0 Å². The highest BCUT2D eigenvalue weighted by molar-refractivity contribution is 5.95. The van der Waals surface area contributed by atoms with Gasteiger partial charge < -0.3 is 9.94 Å². The number of hydrogen-bond donors (Lipinski definition) is 1. The Kier molecular flexibility index (Phi) is 2.56. The summed E-state index contributed by atoms with van der Waals surface area (Å²) < 4.78 is 5.32. The first-order valence-corrected chi connectivity index (χ1v) is 5.61. The minimum absolute atomic E-state index is 0.0511. The minimum Gasteiger partial charge on any atom is -0.444 e. The van der Waals surface area contributed by atoms with Gasteiger partial charge in [-0.2, -0.15) is 0 Å². The number of rotatable bonds is 0. The molecule has 90 valence electrons. The van der Waals surface area contributed by atoms with Gasteiger partial charge in [-0.15, -0.1) is 0 Å². The fourth-order valence-corrected chi connectivity index (χ4v) is 2.45. The van der Waals surface area contributed by atoms with Crippen molar-refractivity contribution in [3.8, 4) is 0 Å². The van der Waals surface area contributed by atoms with E-state index in [-0.39, 0.29) is 12.1 Å². The van der Waals surface area contributed by atoms with Gasteiger partial charge >= 0.3 is 6.09 Å². The number of piperidine rings is 1. The summed E-state index contributed by atoms with van der Waals surface area (Å²) in [5.41, 5.74) is 0.234. The lowest BCUT2D eigenvalue weighted by molar-refractivity contribution is 0.0248. The molecule has 1 heterocycles. The Labute approximate surface area is 95.1 Å². The summed E-state index contributed by atoms with van der Waals surface area (Å²) in [5.74, 6) is 0.434. The fourth-order valence-electron chi connectivity index (χ4n) is 2.45. The highest BCUT2D eigenvalue weighted by Gasteiger charge is 2.46. The van der Waals surface area contributed by atoms with Crippen LogP contribution in [0.3, 0.4) is 0 Å². The van der Waals surface area contributed by atoms with Crippen molar-refractivity contribution in [1.29, 1.82) is 0 Å². The molecule has 1 N–H and O–H groups in total. The number of fused-ring (bicyclic) bond motifs is 2. The maximum Gasteiger partial charge on any atom is 0.410 e. The molecule has 1 saturated carbocycles. The van der Waals surface area contributed by atoms with Crippen LogP contribution in [0.4, 0.5) is 4.79 Å². The van der Waals surface area contributed by atoms with Crippen molar-refractivity contribution >= 4 is 11.8 Å². The standard InChI is InChI=1S/C11H18N2O3/c1-11(2,3)16-10(14)13-6-7-4-8(12-15)9(13)5-7/h7,9,15H,4-6H2,1-3H3/b12-8-/t7-,9-/m0/s1. The second kappa shape index (κ2) is 3.64. The maximum atomic E-state index is 11.9. The Balaban J connectivity index is 2.04.